The highest BCUT2D eigenvalue weighted by Crippen LogP contribution is 2.33. The minimum atomic E-state index is -0.268. The van der Waals surface area contributed by atoms with Crippen molar-refractivity contribution in [3.05, 3.63) is 58.1 Å². The molecule has 20 heavy (non-hydrogen) atoms. The second-order valence-corrected chi connectivity index (χ2v) is 6.00. The molecule has 2 N–H and O–H groups in total. The number of benzene rings is 2. The van der Waals surface area contributed by atoms with E-state index in [0.29, 0.717) is 4.47 Å². The van der Waals surface area contributed by atoms with Crippen molar-refractivity contribution >= 4 is 33.0 Å². The van der Waals surface area contributed by atoms with E-state index in [1.165, 1.54) is 23.5 Å². The summed E-state index contributed by atoms with van der Waals surface area (Å²) in [5.41, 5.74) is 9.19. The minimum absolute atomic E-state index is 0.268. The maximum atomic E-state index is 13.1. The maximum Gasteiger partial charge on any atom is 0.125 e. The van der Waals surface area contributed by atoms with Crippen molar-refractivity contribution in [1.29, 1.82) is 0 Å². The van der Waals surface area contributed by atoms with Gasteiger partial charge in [0.2, 0.25) is 0 Å². The third-order valence-electron chi connectivity index (χ3n) is 2.87. The van der Waals surface area contributed by atoms with Gasteiger partial charge in [-0.25, -0.2) is 9.37 Å². The van der Waals surface area contributed by atoms with Gasteiger partial charge in [0, 0.05) is 26.7 Å². The van der Waals surface area contributed by atoms with E-state index < -0.39 is 0 Å². The zero-order chi connectivity index (χ0) is 14.1. The van der Waals surface area contributed by atoms with Gasteiger partial charge in [-0.1, -0.05) is 12.1 Å². The number of nitrogens with zero attached hydrogens (tertiary/aromatic N) is 1. The number of halogens is 2. The van der Waals surface area contributed by atoms with E-state index >= 15 is 0 Å². The second-order valence-electron chi connectivity index (χ2n) is 4.28. The Bertz CT molecular complexity index is 753. The molecule has 0 saturated heterocycles. The smallest absolute Gasteiger partial charge is 0.125 e. The van der Waals surface area contributed by atoms with Crippen molar-refractivity contribution in [2.75, 3.05) is 5.73 Å². The minimum Gasteiger partial charge on any atom is -0.399 e. The van der Waals surface area contributed by atoms with Crippen LogP contribution in [0.2, 0.25) is 0 Å². The summed E-state index contributed by atoms with van der Waals surface area (Å²) in [5, 5.41) is 2.83. The summed E-state index contributed by atoms with van der Waals surface area (Å²) in [7, 11) is 0. The normalized spacial score (nSPS) is 10.7. The van der Waals surface area contributed by atoms with Crippen LogP contribution in [-0.4, -0.2) is 4.98 Å². The Kier molecular flexibility index (Phi) is 3.54. The van der Waals surface area contributed by atoms with Gasteiger partial charge in [-0.15, -0.1) is 11.3 Å². The van der Waals surface area contributed by atoms with Crippen LogP contribution < -0.4 is 5.73 Å². The monoisotopic (exact) mass is 348 g/mol. The molecule has 0 amide bonds. The van der Waals surface area contributed by atoms with Crippen molar-refractivity contribution < 1.29 is 4.39 Å². The van der Waals surface area contributed by atoms with Crippen molar-refractivity contribution in [3.63, 3.8) is 0 Å². The first kappa shape index (κ1) is 13.3. The highest BCUT2D eigenvalue weighted by molar-refractivity contribution is 9.10. The SMILES string of the molecule is Nc1ccc(-c2csc(-c3ccc(F)cc3Br)n2)cc1. The average molecular weight is 349 g/mol. The summed E-state index contributed by atoms with van der Waals surface area (Å²) in [4.78, 5) is 4.60. The Hall–Kier alpha value is -1.72. The fourth-order valence-electron chi connectivity index (χ4n) is 1.85. The third kappa shape index (κ3) is 2.59. The molecule has 0 aliphatic heterocycles. The molecule has 5 heteroatoms. The molecule has 0 bridgehead atoms. The molecule has 2 nitrogen and oxygen atoms in total. The number of hydrogen-bond donors (Lipinski definition) is 1. The number of anilines is 1. The van der Waals surface area contributed by atoms with Gasteiger partial charge in [0.25, 0.3) is 0 Å². The Balaban J connectivity index is 1.99. The molecule has 3 rings (SSSR count). The lowest BCUT2D eigenvalue weighted by molar-refractivity contribution is 0.627. The fourth-order valence-corrected chi connectivity index (χ4v) is 3.38. The molecule has 0 radical (unpaired) electrons. The van der Waals surface area contributed by atoms with E-state index in [2.05, 4.69) is 20.9 Å². The van der Waals surface area contributed by atoms with Crippen LogP contribution in [0.25, 0.3) is 21.8 Å². The van der Waals surface area contributed by atoms with Gasteiger partial charge >= 0.3 is 0 Å². The molecule has 0 aliphatic rings. The lowest BCUT2D eigenvalue weighted by atomic mass is 10.1. The largest absolute Gasteiger partial charge is 0.399 e. The van der Waals surface area contributed by atoms with Gasteiger partial charge in [-0.3, -0.25) is 0 Å². The van der Waals surface area contributed by atoms with Gasteiger partial charge in [-0.2, -0.15) is 0 Å². The standard InChI is InChI=1S/C15H10BrFN2S/c16-13-7-10(17)3-6-12(13)15-19-14(8-20-15)9-1-4-11(18)5-2-9/h1-8H,18H2. The van der Waals surface area contributed by atoms with E-state index in [-0.39, 0.29) is 5.82 Å². The Morgan fingerprint density at radius 1 is 1.10 bits per heavy atom. The molecule has 2 aromatic carbocycles. The molecule has 1 heterocycles. The Labute approximate surface area is 128 Å². The van der Waals surface area contributed by atoms with Gasteiger partial charge in [-0.05, 0) is 46.3 Å². The number of rotatable bonds is 2. The predicted molar refractivity (Wildman–Crippen MR) is 85.1 cm³/mol. The van der Waals surface area contributed by atoms with E-state index in [4.69, 9.17) is 5.73 Å². The van der Waals surface area contributed by atoms with E-state index in [0.717, 1.165) is 27.5 Å². The van der Waals surface area contributed by atoms with Gasteiger partial charge < -0.3 is 5.73 Å². The Morgan fingerprint density at radius 3 is 2.55 bits per heavy atom. The van der Waals surface area contributed by atoms with Crippen molar-refractivity contribution in [1.82, 2.24) is 4.98 Å². The Morgan fingerprint density at radius 2 is 1.85 bits per heavy atom. The fraction of sp³-hybridized carbons (Fsp3) is 0. The molecule has 0 aliphatic carbocycles. The van der Waals surface area contributed by atoms with Crippen LogP contribution >= 0.6 is 27.3 Å². The van der Waals surface area contributed by atoms with Crippen LogP contribution in [0, 0.1) is 5.82 Å². The second kappa shape index (κ2) is 5.34. The number of nitrogens with two attached hydrogens (primary N) is 1. The van der Waals surface area contributed by atoms with Crippen LogP contribution in [0.5, 0.6) is 0 Å². The molecule has 3 aromatic rings. The number of nitrogen functional groups attached to an aromatic ring is 1. The molecule has 0 spiro atoms. The number of thiazole rings is 1. The van der Waals surface area contributed by atoms with Crippen LogP contribution in [0.15, 0.2) is 52.3 Å². The molecular weight excluding hydrogens is 339 g/mol. The van der Waals surface area contributed by atoms with Gasteiger partial charge in [0.05, 0.1) is 5.69 Å². The molecule has 0 unspecified atom stereocenters. The lowest BCUT2D eigenvalue weighted by Gasteiger charge is -2.00. The summed E-state index contributed by atoms with van der Waals surface area (Å²) < 4.78 is 13.8. The third-order valence-corrected chi connectivity index (χ3v) is 4.40. The molecule has 0 saturated carbocycles. The van der Waals surface area contributed by atoms with Crippen molar-refractivity contribution in [2.45, 2.75) is 0 Å². The molecule has 1 aromatic heterocycles. The van der Waals surface area contributed by atoms with E-state index in [1.807, 2.05) is 29.6 Å². The number of aromatic nitrogens is 1. The van der Waals surface area contributed by atoms with Crippen LogP contribution in [0.1, 0.15) is 0 Å². The molecular formula is C15H10BrFN2S. The average Bonchev–Trinajstić information content (AvgIpc) is 2.89. The topological polar surface area (TPSA) is 38.9 Å². The van der Waals surface area contributed by atoms with Crippen molar-refractivity contribution in [3.8, 4) is 21.8 Å². The summed E-state index contributed by atoms with van der Waals surface area (Å²) in [6, 6.07) is 12.2. The van der Waals surface area contributed by atoms with E-state index in [1.54, 1.807) is 6.07 Å². The quantitative estimate of drug-likeness (QED) is 0.664. The molecule has 0 fully saturated rings. The summed E-state index contributed by atoms with van der Waals surface area (Å²) >= 11 is 4.90. The lowest BCUT2D eigenvalue weighted by Crippen LogP contribution is -1.85. The van der Waals surface area contributed by atoms with E-state index in [9.17, 15) is 4.39 Å². The van der Waals surface area contributed by atoms with Crippen LogP contribution in [0.3, 0.4) is 0 Å². The zero-order valence-electron chi connectivity index (χ0n) is 10.3. The van der Waals surface area contributed by atoms with Gasteiger partial charge in [0.1, 0.15) is 10.8 Å². The number of hydrogen-bond acceptors (Lipinski definition) is 3. The maximum absolute atomic E-state index is 13.1. The molecule has 100 valence electrons. The van der Waals surface area contributed by atoms with Crippen molar-refractivity contribution in [2.24, 2.45) is 0 Å². The van der Waals surface area contributed by atoms with Crippen LogP contribution in [-0.2, 0) is 0 Å². The highest BCUT2D eigenvalue weighted by atomic mass is 79.9. The first-order valence-electron chi connectivity index (χ1n) is 5.90. The predicted octanol–water partition coefficient (Wildman–Crippen LogP) is 4.96. The summed E-state index contributed by atoms with van der Waals surface area (Å²) in [5.74, 6) is -0.268. The highest BCUT2D eigenvalue weighted by Gasteiger charge is 2.10. The summed E-state index contributed by atoms with van der Waals surface area (Å²) in [6.45, 7) is 0. The molecule has 0 atom stereocenters. The van der Waals surface area contributed by atoms with Gasteiger partial charge in [0.15, 0.2) is 0 Å². The zero-order valence-corrected chi connectivity index (χ0v) is 12.7. The first-order chi connectivity index (χ1) is 9.63. The first-order valence-corrected chi connectivity index (χ1v) is 7.57. The summed E-state index contributed by atoms with van der Waals surface area (Å²) in [6.07, 6.45) is 0. The van der Waals surface area contributed by atoms with Crippen LogP contribution in [0.4, 0.5) is 10.1 Å².